The Morgan fingerprint density at radius 1 is 0.966 bits per heavy atom. The first-order valence-electron chi connectivity index (χ1n) is 9.01. The lowest BCUT2D eigenvalue weighted by molar-refractivity contribution is 0.262. The highest BCUT2D eigenvalue weighted by molar-refractivity contribution is 6.02. The number of amides is 2. The van der Waals surface area contributed by atoms with Gasteiger partial charge >= 0.3 is 6.03 Å². The Bertz CT molecular complexity index is 1220. The minimum Gasteiger partial charge on any atom is -0.380 e. The van der Waals surface area contributed by atoms with E-state index in [2.05, 4.69) is 15.8 Å². The van der Waals surface area contributed by atoms with Gasteiger partial charge in [0.05, 0.1) is 5.39 Å². The largest absolute Gasteiger partial charge is 0.380 e. The summed E-state index contributed by atoms with van der Waals surface area (Å²) < 4.78 is 18.9. The number of benzene rings is 3. The fraction of sp³-hybridized carbons (Fsp3) is 0.0909. The number of urea groups is 1. The Hall–Kier alpha value is -3.87. The first kappa shape index (κ1) is 18.5. The summed E-state index contributed by atoms with van der Waals surface area (Å²) in [7, 11) is 0. The molecule has 0 aliphatic rings. The lowest BCUT2D eigenvalue weighted by atomic mass is 9.99. The Morgan fingerprint density at radius 3 is 2.34 bits per heavy atom. The molecule has 4 N–H and O–H groups in total. The van der Waals surface area contributed by atoms with Crippen LogP contribution in [0.5, 0.6) is 0 Å². The van der Waals surface area contributed by atoms with Gasteiger partial charge in [0.15, 0.2) is 11.4 Å². The van der Waals surface area contributed by atoms with Crippen molar-refractivity contribution >= 4 is 34.2 Å². The lowest BCUT2D eigenvalue weighted by Crippen LogP contribution is -2.19. The van der Waals surface area contributed by atoms with Gasteiger partial charge in [0, 0.05) is 11.4 Å². The molecule has 2 amide bonds. The molecule has 146 valence electrons. The van der Waals surface area contributed by atoms with Crippen LogP contribution in [0, 0.1) is 19.7 Å². The van der Waals surface area contributed by atoms with Crippen molar-refractivity contribution in [2.45, 2.75) is 13.8 Å². The van der Waals surface area contributed by atoms with Gasteiger partial charge in [-0.05, 0) is 60.4 Å². The van der Waals surface area contributed by atoms with E-state index < -0.39 is 6.03 Å². The van der Waals surface area contributed by atoms with Crippen molar-refractivity contribution in [2.75, 3.05) is 16.4 Å². The topological polar surface area (TPSA) is 93.2 Å². The molecule has 29 heavy (non-hydrogen) atoms. The number of anilines is 3. The highest BCUT2D eigenvalue weighted by Crippen LogP contribution is 2.34. The molecule has 4 aromatic rings. The predicted molar refractivity (Wildman–Crippen MR) is 112 cm³/mol. The zero-order valence-corrected chi connectivity index (χ0v) is 15.9. The van der Waals surface area contributed by atoms with Crippen LogP contribution in [-0.2, 0) is 0 Å². The van der Waals surface area contributed by atoms with E-state index in [0.29, 0.717) is 28.3 Å². The quantitative estimate of drug-likeness (QED) is 0.432. The number of carbonyl (C=O) groups is 1. The van der Waals surface area contributed by atoms with Gasteiger partial charge < -0.3 is 20.9 Å². The second kappa shape index (κ2) is 7.27. The second-order valence-electron chi connectivity index (χ2n) is 6.82. The van der Waals surface area contributed by atoms with Crippen molar-refractivity contribution in [3.8, 4) is 11.1 Å². The highest BCUT2D eigenvalue weighted by atomic mass is 19.1. The molecule has 0 unspecified atom stereocenters. The van der Waals surface area contributed by atoms with Crippen LogP contribution in [0.2, 0.25) is 0 Å². The Morgan fingerprint density at radius 2 is 1.62 bits per heavy atom. The highest BCUT2D eigenvalue weighted by Gasteiger charge is 2.14. The molecule has 0 spiro atoms. The van der Waals surface area contributed by atoms with Gasteiger partial charge in [-0.25, -0.2) is 9.18 Å². The van der Waals surface area contributed by atoms with Crippen LogP contribution < -0.4 is 16.4 Å². The van der Waals surface area contributed by atoms with Crippen molar-refractivity contribution in [2.24, 2.45) is 0 Å². The molecule has 0 atom stereocenters. The van der Waals surface area contributed by atoms with Crippen molar-refractivity contribution in [3.63, 3.8) is 0 Å². The lowest BCUT2D eigenvalue weighted by Gasteiger charge is -2.10. The molecule has 0 aliphatic heterocycles. The van der Waals surface area contributed by atoms with Gasteiger partial charge in [0.2, 0.25) is 0 Å². The minimum absolute atomic E-state index is 0.339. The monoisotopic (exact) mass is 390 g/mol. The Kier molecular flexibility index (Phi) is 4.64. The van der Waals surface area contributed by atoms with E-state index in [9.17, 15) is 9.18 Å². The number of nitrogen functional groups attached to an aromatic ring is 1. The summed E-state index contributed by atoms with van der Waals surface area (Å²) in [5, 5.41) is 9.97. The van der Waals surface area contributed by atoms with E-state index in [1.165, 1.54) is 6.07 Å². The standard InChI is InChI=1S/C22H19FN4O2/c1-12-3-7-16(11-18(12)23)26-22(28)25-15-8-5-14(6-9-15)17-10-4-13(2)20-19(17)21(24)27-29-20/h3-11H,1-2H3,(H2,24,27)(H2,25,26,28). The third kappa shape index (κ3) is 3.62. The van der Waals surface area contributed by atoms with Gasteiger partial charge in [0.25, 0.3) is 0 Å². The summed E-state index contributed by atoms with van der Waals surface area (Å²) >= 11 is 0. The molecule has 4 rings (SSSR count). The molecule has 0 radical (unpaired) electrons. The number of rotatable bonds is 3. The van der Waals surface area contributed by atoms with Crippen LogP contribution in [0.4, 0.5) is 26.4 Å². The molecule has 0 fully saturated rings. The summed E-state index contributed by atoms with van der Waals surface area (Å²) in [6, 6.07) is 15.3. The van der Waals surface area contributed by atoms with Crippen molar-refractivity contribution in [3.05, 3.63) is 71.5 Å². The van der Waals surface area contributed by atoms with E-state index >= 15 is 0 Å². The third-order valence-corrected chi connectivity index (χ3v) is 4.73. The van der Waals surface area contributed by atoms with Crippen molar-refractivity contribution in [1.82, 2.24) is 5.16 Å². The molecule has 0 saturated carbocycles. The van der Waals surface area contributed by atoms with Gasteiger partial charge in [-0.15, -0.1) is 0 Å². The zero-order valence-electron chi connectivity index (χ0n) is 15.9. The van der Waals surface area contributed by atoms with Crippen molar-refractivity contribution < 1.29 is 13.7 Å². The maximum absolute atomic E-state index is 13.6. The van der Waals surface area contributed by atoms with E-state index in [4.69, 9.17) is 10.3 Å². The number of nitrogens with two attached hydrogens (primary N) is 1. The van der Waals surface area contributed by atoms with Gasteiger partial charge in [-0.1, -0.05) is 35.5 Å². The van der Waals surface area contributed by atoms with Gasteiger partial charge in [-0.2, -0.15) is 0 Å². The van der Waals surface area contributed by atoms with Crippen LogP contribution in [-0.4, -0.2) is 11.2 Å². The van der Waals surface area contributed by atoms with Crippen LogP contribution in [0.1, 0.15) is 11.1 Å². The summed E-state index contributed by atoms with van der Waals surface area (Å²) in [4.78, 5) is 12.2. The molecule has 0 bridgehead atoms. The number of aromatic nitrogens is 1. The first-order valence-corrected chi connectivity index (χ1v) is 9.01. The van der Waals surface area contributed by atoms with E-state index in [0.717, 1.165) is 22.1 Å². The average Bonchev–Trinajstić information content (AvgIpc) is 3.09. The Balaban J connectivity index is 1.52. The van der Waals surface area contributed by atoms with Crippen LogP contribution >= 0.6 is 0 Å². The van der Waals surface area contributed by atoms with Crippen LogP contribution in [0.3, 0.4) is 0 Å². The number of fused-ring (bicyclic) bond motifs is 1. The van der Waals surface area contributed by atoms with E-state index in [1.54, 1.807) is 31.2 Å². The molecular weight excluding hydrogens is 371 g/mol. The van der Waals surface area contributed by atoms with Gasteiger partial charge in [0.1, 0.15) is 5.82 Å². The SMILES string of the molecule is Cc1ccc(NC(=O)Nc2ccc(-c3ccc(C)c4onc(N)c34)cc2)cc1F. The summed E-state index contributed by atoms with van der Waals surface area (Å²) in [5.74, 6) is -0.0322. The predicted octanol–water partition coefficient (Wildman–Crippen LogP) is 5.48. The first-order chi connectivity index (χ1) is 13.9. The van der Waals surface area contributed by atoms with Crippen LogP contribution in [0.15, 0.2) is 59.1 Å². The maximum atomic E-state index is 13.6. The molecule has 0 aliphatic carbocycles. The third-order valence-electron chi connectivity index (χ3n) is 4.73. The maximum Gasteiger partial charge on any atom is 0.323 e. The number of hydrogen-bond acceptors (Lipinski definition) is 4. The average molecular weight is 390 g/mol. The number of carbonyl (C=O) groups excluding carboxylic acids is 1. The molecule has 1 heterocycles. The molecule has 6 nitrogen and oxygen atoms in total. The summed E-state index contributed by atoms with van der Waals surface area (Å²) in [5.41, 5.74) is 10.9. The number of hydrogen-bond donors (Lipinski definition) is 3. The number of aryl methyl sites for hydroxylation is 2. The zero-order chi connectivity index (χ0) is 20.5. The molecular formula is C22H19FN4O2. The molecule has 3 aromatic carbocycles. The van der Waals surface area contributed by atoms with E-state index in [-0.39, 0.29) is 5.82 Å². The molecule has 1 aromatic heterocycles. The van der Waals surface area contributed by atoms with Crippen molar-refractivity contribution in [1.29, 1.82) is 0 Å². The molecule has 0 saturated heterocycles. The Labute approximate surface area is 166 Å². The number of nitrogens with one attached hydrogen (secondary N) is 2. The molecule has 7 heteroatoms. The van der Waals surface area contributed by atoms with E-state index in [1.807, 2.05) is 31.2 Å². The number of nitrogens with zero attached hydrogens (tertiary/aromatic N) is 1. The second-order valence-corrected chi connectivity index (χ2v) is 6.82. The summed E-state index contributed by atoms with van der Waals surface area (Å²) in [6.45, 7) is 3.60. The fourth-order valence-corrected chi connectivity index (χ4v) is 3.14. The van der Waals surface area contributed by atoms with Gasteiger partial charge in [-0.3, -0.25) is 0 Å². The fourth-order valence-electron chi connectivity index (χ4n) is 3.14. The summed E-state index contributed by atoms with van der Waals surface area (Å²) in [6.07, 6.45) is 0. The normalized spacial score (nSPS) is 10.9. The van der Waals surface area contributed by atoms with Crippen LogP contribution in [0.25, 0.3) is 22.1 Å². The smallest absolute Gasteiger partial charge is 0.323 e. The number of halogens is 1. The minimum atomic E-state index is -0.456.